The van der Waals surface area contributed by atoms with Crippen LogP contribution in [0, 0.1) is 0 Å². The SMILES string of the molecule is NCCNC(c1ccncc1)c1c(CC(=O)O)cc2ccccc2c1O. The number of carboxylic acid groups (broad SMARTS) is 1. The number of phenols is 1. The van der Waals surface area contributed by atoms with E-state index in [4.69, 9.17) is 5.73 Å². The van der Waals surface area contributed by atoms with Crippen LogP contribution in [0.4, 0.5) is 0 Å². The Morgan fingerprint density at radius 2 is 1.92 bits per heavy atom. The minimum Gasteiger partial charge on any atom is -0.507 e. The van der Waals surface area contributed by atoms with E-state index in [0.717, 1.165) is 10.9 Å². The fourth-order valence-electron chi connectivity index (χ4n) is 3.20. The molecule has 1 unspecified atom stereocenters. The number of hydrogen-bond acceptors (Lipinski definition) is 5. The van der Waals surface area contributed by atoms with E-state index in [-0.39, 0.29) is 18.2 Å². The van der Waals surface area contributed by atoms with E-state index in [0.29, 0.717) is 29.6 Å². The number of phenolic OH excluding ortho intramolecular Hbond substituents is 1. The summed E-state index contributed by atoms with van der Waals surface area (Å²) in [5, 5.41) is 25.1. The van der Waals surface area contributed by atoms with E-state index in [1.165, 1.54) is 0 Å². The second-order valence-electron chi connectivity index (χ2n) is 6.05. The number of nitrogens with two attached hydrogens (primary N) is 1. The monoisotopic (exact) mass is 351 g/mol. The third kappa shape index (κ3) is 3.66. The largest absolute Gasteiger partial charge is 0.507 e. The van der Waals surface area contributed by atoms with Crippen LogP contribution in [-0.2, 0) is 11.2 Å². The molecule has 1 atom stereocenters. The zero-order chi connectivity index (χ0) is 18.5. The number of carbonyl (C=O) groups is 1. The van der Waals surface area contributed by atoms with Crippen LogP contribution in [0.5, 0.6) is 5.75 Å². The molecule has 0 saturated carbocycles. The average Bonchev–Trinajstić information content (AvgIpc) is 2.64. The number of fused-ring (bicyclic) bond motifs is 1. The lowest BCUT2D eigenvalue weighted by molar-refractivity contribution is -0.136. The molecule has 0 amide bonds. The smallest absolute Gasteiger partial charge is 0.307 e. The van der Waals surface area contributed by atoms with E-state index in [1.807, 2.05) is 42.5 Å². The molecule has 0 aliphatic carbocycles. The normalized spacial score (nSPS) is 12.2. The molecular formula is C20H21N3O3. The van der Waals surface area contributed by atoms with Gasteiger partial charge in [0.05, 0.1) is 12.5 Å². The molecule has 26 heavy (non-hydrogen) atoms. The maximum Gasteiger partial charge on any atom is 0.307 e. The Balaban J connectivity index is 2.23. The molecule has 1 heterocycles. The van der Waals surface area contributed by atoms with Crippen molar-refractivity contribution in [2.75, 3.05) is 13.1 Å². The van der Waals surface area contributed by atoms with Crippen molar-refractivity contribution in [1.82, 2.24) is 10.3 Å². The molecule has 3 rings (SSSR count). The summed E-state index contributed by atoms with van der Waals surface area (Å²) in [6, 6.07) is 12.5. The summed E-state index contributed by atoms with van der Waals surface area (Å²) >= 11 is 0. The number of aromatic hydroxyl groups is 1. The van der Waals surface area contributed by atoms with Gasteiger partial charge in [0.25, 0.3) is 0 Å². The third-order valence-electron chi connectivity index (χ3n) is 4.31. The number of aliphatic carboxylic acids is 1. The summed E-state index contributed by atoms with van der Waals surface area (Å²) in [5.41, 5.74) is 7.66. The highest BCUT2D eigenvalue weighted by atomic mass is 16.4. The van der Waals surface area contributed by atoms with Crippen molar-refractivity contribution in [1.29, 1.82) is 0 Å². The van der Waals surface area contributed by atoms with Gasteiger partial charge in [-0.05, 0) is 34.7 Å². The van der Waals surface area contributed by atoms with Crippen molar-refractivity contribution in [3.8, 4) is 5.75 Å². The average molecular weight is 351 g/mol. The fraction of sp³-hybridized carbons (Fsp3) is 0.200. The van der Waals surface area contributed by atoms with Crippen LogP contribution < -0.4 is 11.1 Å². The quantitative estimate of drug-likeness (QED) is 0.520. The molecule has 6 nitrogen and oxygen atoms in total. The molecule has 6 heteroatoms. The molecule has 2 aromatic carbocycles. The van der Waals surface area contributed by atoms with Crippen molar-refractivity contribution in [2.24, 2.45) is 5.73 Å². The molecule has 0 aliphatic rings. The van der Waals surface area contributed by atoms with Gasteiger partial charge in [0.2, 0.25) is 0 Å². The maximum atomic E-state index is 11.4. The first-order valence-corrected chi connectivity index (χ1v) is 8.40. The van der Waals surface area contributed by atoms with Gasteiger partial charge in [-0.2, -0.15) is 0 Å². The summed E-state index contributed by atoms with van der Waals surface area (Å²) in [7, 11) is 0. The summed E-state index contributed by atoms with van der Waals surface area (Å²) in [5.74, 6) is -0.862. The highest BCUT2D eigenvalue weighted by molar-refractivity contribution is 5.91. The van der Waals surface area contributed by atoms with Crippen LogP contribution in [0.1, 0.15) is 22.7 Å². The zero-order valence-electron chi connectivity index (χ0n) is 14.2. The Morgan fingerprint density at radius 3 is 2.62 bits per heavy atom. The number of carboxylic acids is 1. The van der Waals surface area contributed by atoms with E-state index in [9.17, 15) is 15.0 Å². The molecule has 0 saturated heterocycles. The summed E-state index contributed by atoms with van der Waals surface area (Å²) in [6.45, 7) is 0.940. The van der Waals surface area contributed by atoms with Crippen molar-refractivity contribution in [2.45, 2.75) is 12.5 Å². The highest BCUT2D eigenvalue weighted by Gasteiger charge is 2.24. The number of pyridine rings is 1. The first-order chi connectivity index (χ1) is 12.6. The van der Waals surface area contributed by atoms with Gasteiger partial charge in [0.15, 0.2) is 0 Å². The van der Waals surface area contributed by atoms with Crippen molar-refractivity contribution < 1.29 is 15.0 Å². The Morgan fingerprint density at radius 1 is 1.19 bits per heavy atom. The zero-order valence-corrected chi connectivity index (χ0v) is 14.2. The van der Waals surface area contributed by atoms with Gasteiger partial charge in [-0.15, -0.1) is 0 Å². The van der Waals surface area contributed by atoms with Crippen LogP contribution in [0.15, 0.2) is 54.9 Å². The number of hydrogen-bond donors (Lipinski definition) is 4. The lowest BCUT2D eigenvalue weighted by Gasteiger charge is -2.24. The Labute approximate surface area is 151 Å². The molecule has 0 radical (unpaired) electrons. The van der Waals surface area contributed by atoms with Gasteiger partial charge in [-0.1, -0.05) is 24.3 Å². The van der Waals surface area contributed by atoms with Crippen molar-refractivity contribution in [3.63, 3.8) is 0 Å². The van der Waals surface area contributed by atoms with Crippen LogP contribution in [0.2, 0.25) is 0 Å². The summed E-state index contributed by atoms with van der Waals surface area (Å²) in [6.07, 6.45) is 3.16. The lowest BCUT2D eigenvalue weighted by Crippen LogP contribution is -2.29. The van der Waals surface area contributed by atoms with Gasteiger partial charge >= 0.3 is 5.97 Å². The van der Waals surface area contributed by atoms with Crippen LogP contribution in [0.25, 0.3) is 10.8 Å². The van der Waals surface area contributed by atoms with E-state index in [1.54, 1.807) is 12.4 Å². The number of nitrogens with zero attached hydrogens (tertiary/aromatic N) is 1. The van der Waals surface area contributed by atoms with Crippen LogP contribution in [0.3, 0.4) is 0 Å². The molecule has 0 spiro atoms. The van der Waals surface area contributed by atoms with E-state index < -0.39 is 5.97 Å². The van der Waals surface area contributed by atoms with Crippen LogP contribution in [-0.4, -0.2) is 34.3 Å². The van der Waals surface area contributed by atoms with Gasteiger partial charge in [0, 0.05) is 36.4 Å². The van der Waals surface area contributed by atoms with Gasteiger partial charge in [-0.25, -0.2) is 0 Å². The minimum absolute atomic E-state index is 0.0886. The van der Waals surface area contributed by atoms with Crippen molar-refractivity contribution >= 4 is 16.7 Å². The number of rotatable bonds is 7. The standard InChI is InChI=1S/C20H21N3O3/c21-7-10-23-19(13-5-8-22-9-6-13)18-15(12-17(24)25)11-14-3-1-2-4-16(14)20(18)26/h1-6,8-9,11,19,23,26H,7,10,12,21H2,(H,24,25). The molecule has 3 aromatic rings. The van der Waals surface area contributed by atoms with Crippen molar-refractivity contribution in [3.05, 3.63) is 71.5 Å². The summed E-state index contributed by atoms with van der Waals surface area (Å²) in [4.78, 5) is 15.4. The third-order valence-corrected chi connectivity index (χ3v) is 4.31. The second kappa shape index (κ2) is 7.95. The highest BCUT2D eigenvalue weighted by Crippen LogP contribution is 2.38. The summed E-state index contributed by atoms with van der Waals surface area (Å²) < 4.78 is 0. The maximum absolute atomic E-state index is 11.4. The molecule has 134 valence electrons. The number of nitrogens with one attached hydrogen (secondary N) is 1. The lowest BCUT2D eigenvalue weighted by atomic mass is 9.89. The van der Waals surface area contributed by atoms with Gasteiger partial charge < -0.3 is 21.3 Å². The first kappa shape index (κ1) is 17.8. The topological polar surface area (TPSA) is 108 Å². The molecule has 5 N–H and O–H groups in total. The Kier molecular flexibility index (Phi) is 5.46. The fourth-order valence-corrected chi connectivity index (χ4v) is 3.20. The predicted octanol–water partition coefficient (Wildman–Crippen LogP) is 2.21. The predicted molar refractivity (Wildman–Crippen MR) is 100 cm³/mol. The van der Waals surface area contributed by atoms with Crippen LogP contribution >= 0.6 is 0 Å². The minimum atomic E-state index is -0.951. The molecular weight excluding hydrogens is 330 g/mol. The number of aromatic nitrogens is 1. The Bertz CT molecular complexity index is 913. The Hall–Kier alpha value is -2.96. The van der Waals surface area contributed by atoms with E-state index in [2.05, 4.69) is 10.3 Å². The van der Waals surface area contributed by atoms with Gasteiger partial charge in [0.1, 0.15) is 5.75 Å². The second-order valence-corrected chi connectivity index (χ2v) is 6.05. The molecule has 1 aromatic heterocycles. The first-order valence-electron chi connectivity index (χ1n) is 8.40. The molecule has 0 bridgehead atoms. The van der Waals surface area contributed by atoms with Gasteiger partial charge in [-0.3, -0.25) is 9.78 Å². The van der Waals surface area contributed by atoms with E-state index >= 15 is 0 Å². The number of benzene rings is 2. The molecule has 0 fully saturated rings. The molecule has 0 aliphatic heterocycles.